The Labute approximate surface area is 221 Å². The first-order chi connectivity index (χ1) is 17.4. The molecule has 0 aliphatic heterocycles. The van der Waals surface area contributed by atoms with Crippen molar-refractivity contribution in [2.24, 2.45) is 10.8 Å². The highest BCUT2D eigenvalue weighted by atomic mass is 16.5. The largest absolute Gasteiger partial charge is 0.493 e. The van der Waals surface area contributed by atoms with Gasteiger partial charge in [0.2, 0.25) is 11.8 Å². The van der Waals surface area contributed by atoms with Gasteiger partial charge >= 0.3 is 11.4 Å². The highest BCUT2D eigenvalue weighted by Crippen LogP contribution is 2.30. The van der Waals surface area contributed by atoms with E-state index in [-0.39, 0.29) is 34.0 Å². The van der Waals surface area contributed by atoms with Gasteiger partial charge in [-0.05, 0) is 56.3 Å². The number of aromatic hydroxyl groups is 2. The smallest absolute Gasteiger partial charge is 0.335 e. The van der Waals surface area contributed by atoms with E-state index in [4.69, 9.17) is 4.74 Å². The molecule has 9 heteroatoms. The van der Waals surface area contributed by atoms with Gasteiger partial charge in [-0.1, -0.05) is 47.1 Å². The zero-order valence-electron chi connectivity index (χ0n) is 23.5. The molecule has 0 radical (unpaired) electrons. The van der Waals surface area contributed by atoms with Gasteiger partial charge in [-0.3, -0.25) is 18.3 Å². The summed E-state index contributed by atoms with van der Waals surface area (Å²) in [7, 11) is 0. The minimum atomic E-state index is -0.270. The normalized spacial score (nSPS) is 12.4. The van der Waals surface area contributed by atoms with Crippen molar-refractivity contribution in [3.8, 4) is 11.8 Å². The Morgan fingerprint density at radius 3 is 1.95 bits per heavy atom. The lowest BCUT2D eigenvalue weighted by atomic mass is 9.83. The van der Waals surface area contributed by atoms with E-state index in [1.165, 1.54) is 36.9 Å². The Hall–Kier alpha value is -2.68. The number of nitrogens with zero attached hydrogens (tertiary/aromatic N) is 4. The second-order valence-corrected chi connectivity index (χ2v) is 11.6. The SMILES string of the molecule is C=Cn1cc(O)n(CC(C)(C)CCCCOCCCCC(C)(C)CCCn2c(O)cn(CC)c2=O)c1=O. The highest BCUT2D eigenvalue weighted by Gasteiger charge is 2.22. The maximum absolute atomic E-state index is 12.3. The molecule has 0 aliphatic rings. The zero-order valence-corrected chi connectivity index (χ0v) is 23.5. The van der Waals surface area contributed by atoms with Crippen LogP contribution < -0.4 is 11.4 Å². The van der Waals surface area contributed by atoms with Gasteiger partial charge in [-0.25, -0.2) is 9.59 Å². The van der Waals surface area contributed by atoms with Crippen LogP contribution in [-0.2, 0) is 24.4 Å². The van der Waals surface area contributed by atoms with Crippen molar-refractivity contribution in [2.75, 3.05) is 13.2 Å². The van der Waals surface area contributed by atoms with E-state index in [9.17, 15) is 19.8 Å². The Kier molecular flexibility index (Phi) is 11.3. The number of hydrogen-bond donors (Lipinski definition) is 2. The Balaban J connectivity index is 1.56. The first-order valence-electron chi connectivity index (χ1n) is 13.6. The van der Waals surface area contributed by atoms with Gasteiger partial charge in [0, 0.05) is 39.0 Å². The first kappa shape index (κ1) is 30.5. The number of hydrogen-bond acceptors (Lipinski definition) is 5. The fraction of sp³-hybridized carbons (Fsp3) is 0.714. The summed E-state index contributed by atoms with van der Waals surface area (Å²) in [4.78, 5) is 24.5. The van der Waals surface area contributed by atoms with Gasteiger partial charge in [0.15, 0.2) is 0 Å². The van der Waals surface area contributed by atoms with E-state index in [1.54, 1.807) is 0 Å². The molecule has 0 unspecified atom stereocenters. The molecule has 0 atom stereocenters. The average Bonchev–Trinajstić information content (AvgIpc) is 3.26. The van der Waals surface area contributed by atoms with E-state index >= 15 is 0 Å². The predicted octanol–water partition coefficient (Wildman–Crippen LogP) is 5.03. The van der Waals surface area contributed by atoms with Crippen molar-refractivity contribution in [3.63, 3.8) is 0 Å². The van der Waals surface area contributed by atoms with Crippen molar-refractivity contribution in [3.05, 3.63) is 39.9 Å². The third-order valence-electron chi connectivity index (χ3n) is 7.15. The fourth-order valence-corrected chi connectivity index (χ4v) is 4.79. The number of aromatic nitrogens is 4. The van der Waals surface area contributed by atoms with Crippen molar-refractivity contribution >= 4 is 6.20 Å². The van der Waals surface area contributed by atoms with Crippen molar-refractivity contribution in [1.29, 1.82) is 0 Å². The van der Waals surface area contributed by atoms with Gasteiger partial charge in [0.25, 0.3) is 0 Å². The molecule has 9 nitrogen and oxygen atoms in total. The topological polar surface area (TPSA) is 104 Å². The van der Waals surface area contributed by atoms with E-state index < -0.39 is 0 Å². The minimum absolute atomic E-state index is 0.0362. The van der Waals surface area contributed by atoms with Crippen LogP contribution in [0.25, 0.3) is 6.20 Å². The predicted molar refractivity (Wildman–Crippen MR) is 148 cm³/mol. The second-order valence-electron chi connectivity index (χ2n) is 11.6. The van der Waals surface area contributed by atoms with Crippen molar-refractivity contribution in [1.82, 2.24) is 18.3 Å². The number of imidazole rings is 2. The lowest BCUT2D eigenvalue weighted by molar-refractivity contribution is 0.119. The average molecular weight is 521 g/mol. The lowest BCUT2D eigenvalue weighted by Gasteiger charge is -2.25. The number of aryl methyl sites for hydroxylation is 1. The van der Waals surface area contributed by atoms with Crippen molar-refractivity contribution in [2.45, 2.75) is 106 Å². The quantitative estimate of drug-likeness (QED) is 0.268. The van der Waals surface area contributed by atoms with Crippen LogP contribution in [-0.4, -0.2) is 41.7 Å². The molecule has 2 aromatic heterocycles. The molecule has 0 aromatic carbocycles. The molecule has 0 bridgehead atoms. The molecule has 0 amide bonds. The zero-order chi connectivity index (χ0) is 27.6. The van der Waals surface area contributed by atoms with Crippen LogP contribution in [0.1, 0.15) is 86.0 Å². The summed E-state index contributed by atoms with van der Waals surface area (Å²) in [5.74, 6) is 0.00863. The standard InChI is InChI=1S/C28H48N4O5/c1-7-29-20-23(33)31(25(29)35)17-13-16-27(3,4)14-9-11-18-37-19-12-10-15-28(5,6)22-32-24(34)21-30(8-2)26(32)36/h8,20-21,33-34H,2,7,9-19,22H2,1,3-6H3. The first-order valence-corrected chi connectivity index (χ1v) is 13.6. The molecule has 0 aliphatic carbocycles. The maximum atomic E-state index is 12.3. The summed E-state index contributed by atoms with van der Waals surface area (Å²) in [5.41, 5.74) is -0.349. The molecule has 0 saturated carbocycles. The fourth-order valence-electron chi connectivity index (χ4n) is 4.79. The molecule has 0 saturated heterocycles. The summed E-state index contributed by atoms with van der Waals surface area (Å²) in [6.45, 7) is 17.3. The van der Waals surface area contributed by atoms with Gasteiger partial charge in [-0.15, -0.1) is 0 Å². The summed E-state index contributed by atoms with van der Waals surface area (Å²) < 4.78 is 11.5. The Bertz CT molecular complexity index is 1100. The number of rotatable bonds is 18. The molecule has 0 spiro atoms. The molecular formula is C28H48N4O5. The summed E-state index contributed by atoms with van der Waals surface area (Å²) in [6.07, 6.45) is 12.3. The van der Waals surface area contributed by atoms with Crippen LogP contribution in [0.3, 0.4) is 0 Å². The third-order valence-corrected chi connectivity index (χ3v) is 7.15. The summed E-state index contributed by atoms with van der Waals surface area (Å²) >= 11 is 0. The molecule has 2 N–H and O–H groups in total. The summed E-state index contributed by atoms with van der Waals surface area (Å²) in [5, 5.41) is 20.0. The van der Waals surface area contributed by atoms with Crippen LogP contribution in [0.5, 0.6) is 11.8 Å². The second kappa shape index (κ2) is 13.7. The van der Waals surface area contributed by atoms with Gasteiger partial charge < -0.3 is 14.9 Å². The van der Waals surface area contributed by atoms with Crippen LogP contribution >= 0.6 is 0 Å². The van der Waals surface area contributed by atoms with E-state index in [1.807, 2.05) is 6.92 Å². The molecule has 0 fully saturated rings. The lowest BCUT2D eigenvalue weighted by Crippen LogP contribution is -2.28. The maximum Gasteiger partial charge on any atom is 0.335 e. The molecular weight excluding hydrogens is 472 g/mol. The monoisotopic (exact) mass is 520 g/mol. The van der Waals surface area contributed by atoms with Gasteiger partial charge in [-0.2, -0.15) is 0 Å². The molecule has 2 aromatic rings. The van der Waals surface area contributed by atoms with Crippen LogP contribution in [0.2, 0.25) is 0 Å². The summed E-state index contributed by atoms with van der Waals surface area (Å²) in [6, 6.07) is 0. The van der Waals surface area contributed by atoms with Crippen LogP contribution in [0.15, 0.2) is 28.6 Å². The third kappa shape index (κ3) is 9.29. The molecule has 210 valence electrons. The van der Waals surface area contributed by atoms with Crippen molar-refractivity contribution < 1.29 is 14.9 Å². The van der Waals surface area contributed by atoms with E-state index in [2.05, 4.69) is 34.3 Å². The highest BCUT2D eigenvalue weighted by molar-refractivity contribution is 5.21. The molecule has 37 heavy (non-hydrogen) atoms. The van der Waals surface area contributed by atoms with Crippen LogP contribution in [0.4, 0.5) is 0 Å². The van der Waals surface area contributed by atoms with Gasteiger partial charge in [0.1, 0.15) is 0 Å². The Morgan fingerprint density at radius 2 is 1.41 bits per heavy atom. The van der Waals surface area contributed by atoms with Crippen LogP contribution in [0, 0.1) is 10.8 Å². The van der Waals surface area contributed by atoms with E-state index in [0.29, 0.717) is 19.6 Å². The molecule has 2 heterocycles. The minimum Gasteiger partial charge on any atom is -0.493 e. The number of ether oxygens (including phenoxy) is 1. The number of unbranched alkanes of at least 4 members (excludes halogenated alkanes) is 2. The Morgan fingerprint density at radius 1 is 0.838 bits per heavy atom. The van der Waals surface area contributed by atoms with Gasteiger partial charge in [0.05, 0.1) is 12.4 Å². The van der Waals surface area contributed by atoms with E-state index in [0.717, 1.165) is 64.6 Å². The molecule has 2 rings (SSSR count).